The molecule has 3 aliphatic rings. The van der Waals surface area contributed by atoms with Crippen molar-refractivity contribution >= 4 is 22.7 Å². The number of ether oxygens (including phenoxy) is 1. The molecular formula is C37H43N9O4. The monoisotopic (exact) mass is 677 g/mol. The van der Waals surface area contributed by atoms with E-state index >= 15 is 0 Å². The van der Waals surface area contributed by atoms with Crippen LogP contribution in [0.3, 0.4) is 0 Å². The highest BCUT2D eigenvalue weighted by molar-refractivity contribution is 5.71. The van der Waals surface area contributed by atoms with Crippen LogP contribution in [0, 0.1) is 5.41 Å². The molecule has 2 fully saturated rings. The van der Waals surface area contributed by atoms with Crippen LogP contribution in [0.2, 0.25) is 0 Å². The van der Waals surface area contributed by atoms with Gasteiger partial charge >= 0.3 is 0 Å². The van der Waals surface area contributed by atoms with Crippen LogP contribution in [-0.4, -0.2) is 83.2 Å². The molecule has 50 heavy (non-hydrogen) atoms. The zero-order valence-electron chi connectivity index (χ0n) is 29.1. The predicted molar refractivity (Wildman–Crippen MR) is 191 cm³/mol. The summed E-state index contributed by atoms with van der Waals surface area (Å²) in [4.78, 5) is 41.2. The minimum atomic E-state index is -0.391. The zero-order valence-corrected chi connectivity index (χ0v) is 29.1. The third kappa shape index (κ3) is 5.49. The normalized spacial score (nSPS) is 20.6. The van der Waals surface area contributed by atoms with Gasteiger partial charge in [-0.15, -0.1) is 0 Å². The third-order valence-corrected chi connectivity index (χ3v) is 10.6. The number of fused-ring (bicyclic) bond motifs is 3. The second kappa shape index (κ2) is 12.2. The quantitative estimate of drug-likeness (QED) is 0.264. The van der Waals surface area contributed by atoms with E-state index in [1.807, 2.05) is 35.0 Å². The number of piperazine rings is 1. The minimum Gasteiger partial charge on any atom is -0.392 e. The van der Waals surface area contributed by atoms with Crippen molar-refractivity contribution in [1.82, 2.24) is 33.6 Å². The van der Waals surface area contributed by atoms with Crippen molar-refractivity contribution in [2.24, 2.45) is 12.5 Å². The van der Waals surface area contributed by atoms with Gasteiger partial charge < -0.3 is 24.5 Å². The van der Waals surface area contributed by atoms with Gasteiger partial charge in [-0.2, -0.15) is 5.10 Å². The molecule has 0 spiro atoms. The molecule has 0 radical (unpaired) electrons. The summed E-state index contributed by atoms with van der Waals surface area (Å²) in [5, 5.41) is 18.3. The molecule has 13 heteroatoms. The van der Waals surface area contributed by atoms with E-state index in [4.69, 9.17) is 4.74 Å². The standard InChI is InChI=1S/C37H43N9O4/c1-22-18-46(26-20-50-21-26)23(2)17-45(22)25-6-7-33(39-16-25)40-30-13-29(41-42(5)35(30)48)27-8-9-38-34(28(27)19-47)44-11-10-43-31(36(44)49)12-24-14-37(3,4)15-32(24)43/h6-13,16,22-23,26,47H,14-15,17-21H2,1-5H3,(H,39,40)/t22-,23+/m0/s1. The van der Waals surface area contributed by atoms with Gasteiger partial charge in [0.25, 0.3) is 11.1 Å². The van der Waals surface area contributed by atoms with Gasteiger partial charge in [0.05, 0.1) is 43.4 Å². The molecule has 0 saturated carbocycles. The lowest BCUT2D eigenvalue weighted by Crippen LogP contribution is -2.63. The van der Waals surface area contributed by atoms with Gasteiger partial charge in [0.15, 0.2) is 0 Å². The first-order chi connectivity index (χ1) is 24.0. The molecule has 2 atom stereocenters. The first kappa shape index (κ1) is 32.4. The molecule has 2 saturated heterocycles. The molecule has 7 heterocycles. The maximum atomic E-state index is 13.8. The Morgan fingerprint density at radius 2 is 1.82 bits per heavy atom. The van der Waals surface area contributed by atoms with Crippen LogP contribution in [-0.2, 0) is 31.2 Å². The van der Waals surface area contributed by atoms with Crippen LogP contribution in [0.4, 0.5) is 17.2 Å². The number of rotatable bonds is 7. The van der Waals surface area contributed by atoms with Crippen LogP contribution in [0.25, 0.3) is 22.6 Å². The van der Waals surface area contributed by atoms with Gasteiger partial charge in [-0.25, -0.2) is 14.6 Å². The van der Waals surface area contributed by atoms with Crippen molar-refractivity contribution in [1.29, 1.82) is 0 Å². The number of aromatic nitrogens is 6. The van der Waals surface area contributed by atoms with Gasteiger partial charge in [0.1, 0.15) is 22.8 Å². The molecule has 2 N–H and O–H groups in total. The fraction of sp³-hybridized carbons (Fsp3) is 0.432. The number of aliphatic hydroxyl groups excluding tert-OH is 1. The molecule has 0 aromatic carbocycles. The number of hydrogen-bond acceptors (Lipinski definition) is 10. The lowest BCUT2D eigenvalue weighted by atomic mass is 9.90. The molecule has 13 nitrogen and oxygen atoms in total. The average Bonchev–Trinajstić information content (AvgIpc) is 3.56. The molecule has 0 amide bonds. The van der Waals surface area contributed by atoms with Crippen molar-refractivity contribution in [2.45, 2.75) is 65.3 Å². The van der Waals surface area contributed by atoms with E-state index in [2.05, 4.69) is 57.9 Å². The van der Waals surface area contributed by atoms with E-state index in [-0.39, 0.29) is 22.2 Å². The lowest BCUT2D eigenvalue weighted by Gasteiger charge is -2.50. The highest BCUT2D eigenvalue weighted by Crippen LogP contribution is 2.37. The Balaban J connectivity index is 1.07. The fourth-order valence-electron chi connectivity index (χ4n) is 7.95. The number of nitrogens with zero attached hydrogens (tertiary/aromatic N) is 8. The van der Waals surface area contributed by atoms with E-state index in [9.17, 15) is 14.7 Å². The number of anilines is 3. The summed E-state index contributed by atoms with van der Waals surface area (Å²) in [5.74, 6) is 0.834. The Morgan fingerprint density at radius 3 is 2.54 bits per heavy atom. The summed E-state index contributed by atoms with van der Waals surface area (Å²) in [6.45, 7) is 12.1. The van der Waals surface area contributed by atoms with Gasteiger partial charge in [0, 0.05) is 67.6 Å². The number of hydrogen-bond donors (Lipinski definition) is 2. The average molecular weight is 678 g/mol. The fourth-order valence-corrected chi connectivity index (χ4v) is 7.95. The zero-order chi connectivity index (χ0) is 34.9. The van der Waals surface area contributed by atoms with Gasteiger partial charge in [-0.1, -0.05) is 13.8 Å². The van der Waals surface area contributed by atoms with E-state index in [1.54, 1.807) is 31.6 Å². The van der Waals surface area contributed by atoms with Crippen LogP contribution in [0.5, 0.6) is 0 Å². The Labute approximate surface area is 289 Å². The number of pyridine rings is 2. The van der Waals surface area contributed by atoms with Crippen molar-refractivity contribution in [2.75, 3.05) is 36.5 Å². The first-order valence-electron chi connectivity index (χ1n) is 17.3. The van der Waals surface area contributed by atoms with Crippen LogP contribution in [0.1, 0.15) is 44.5 Å². The molecule has 260 valence electrons. The van der Waals surface area contributed by atoms with Gasteiger partial charge in [-0.05, 0) is 68.0 Å². The van der Waals surface area contributed by atoms with E-state index in [1.165, 1.54) is 20.5 Å². The maximum absolute atomic E-state index is 13.8. The number of aliphatic hydroxyl groups is 1. The van der Waals surface area contributed by atoms with Gasteiger partial charge in [-0.3, -0.25) is 19.1 Å². The van der Waals surface area contributed by atoms with E-state index in [0.29, 0.717) is 52.1 Å². The summed E-state index contributed by atoms with van der Waals surface area (Å²) in [5.41, 5.74) is 5.27. The highest BCUT2D eigenvalue weighted by atomic mass is 16.5. The number of aryl methyl sites for hydroxylation is 1. The Bertz CT molecular complexity index is 2220. The minimum absolute atomic E-state index is 0.162. The molecule has 0 bridgehead atoms. The summed E-state index contributed by atoms with van der Waals surface area (Å²) in [6, 6.07) is 10.5. The topological polar surface area (TPSA) is 135 Å². The molecule has 5 aromatic rings. The van der Waals surface area contributed by atoms with Crippen molar-refractivity contribution in [3.63, 3.8) is 0 Å². The lowest BCUT2D eigenvalue weighted by molar-refractivity contribution is -0.0828. The summed E-state index contributed by atoms with van der Waals surface area (Å²) < 4.78 is 10.1. The van der Waals surface area contributed by atoms with E-state index < -0.39 is 6.61 Å². The Morgan fingerprint density at radius 1 is 1.00 bits per heavy atom. The van der Waals surface area contributed by atoms with Crippen molar-refractivity contribution < 1.29 is 9.84 Å². The van der Waals surface area contributed by atoms with Crippen molar-refractivity contribution in [3.05, 3.63) is 92.6 Å². The Kier molecular flexibility index (Phi) is 7.88. The van der Waals surface area contributed by atoms with Crippen LogP contribution in [0.15, 0.2) is 64.7 Å². The summed E-state index contributed by atoms with van der Waals surface area (Å²) >= 11 is 0. The smallest absolute Gasteiger partial charge is 0.290 e. The second-order valence-corrected chi connectivity index (χ2v) is 14.8. The van der Waals surface area contributed by atoms with Gasteiger partial charge in [0.2, 0.25) is 0 Å². The molecule has 8 rings (SSSR count). The molecule has 2 aliphatic heterocycles. The summed E-state index contributed by atoms with van der Waals surface area (Å²) in [6.07, 6.45) is 8.84. The SMILES string of the molecule is C[C@@H]1CN(c2ccc(Nc3cc(-c4ccnc(-n5ccn6c7c(cc6c5=O)CC(C)(C)C7)c4CO)nn(C)c3=O)nc2)[C@@H](C)CN1C1COC1. The molecule has 1 aliphatic carbocycles. The van der Waals surface area contributed by atoms with Crippen molar-refractivity contribution in [3.8, 4) is 17.1 Å². The summed E-state index contributed by atoms with van der Waals surface area (Å²) in [7, 11) is 1.58. The molecule has 0 unspecified atom stereocenters. The molecular weight excluding hydrogens is 634 g/mol. The maximum Gasteiger partial charge on any atom is 0.290 e. The number of nitrogens with one attached hydrogen (secondary N) is 1. The molecule has 5 aromatic heterocycles. The third-order valence-electron chi connectivity index (χ3n) is 10.6. The second-order valence-electron chi connectivity index (χ2n) is 14.8. The largest absolute Gasteiger partial charge is 0.392 e. The van der Waals surface area contributed by atoms with Crippen LogP contribution < -0.4 is 21.3 Å². The predicted octanol–water partition coefficient (Wildman–Crippen LogP) is 3.30. The van der Waals surface area contributed by atoms with E-state index in [0.717, 1.165) is 44.8 Å². The highest BCUT2D eigenvalue weighted by Gasteiger charge is 2.36. The van der Waals surface area contributed by atoms with Crippen LogP contribution >= 0.6 is 0 Å². The first-order valence-corrected chi connectivity index (χ1v) is 17.3. The Hall–Kier alpha value is -4.85.